The fourth-order valence-electron chi connectivity index (χ4n) is 3.22. The highest BCUT2D eigenvalue weighted by Crippen LogP contribution is 2.29. The van der Waals surface area contributed by atoms with Gasteiger partial charge in [0.25, 0.3) is 0 Å². The third-order valence-electron chi connectivity index (χ3n) is 4.88. The Balaban J connectivity index is 1.68. The Morgan fingerprint density at radius 3 is 2.48 bits per heavy atom. The van der Waals surface area contributed by atoms with E-state index in [9.17, 15) is 9.59 Å². The Bertz CT molecular complexity index is 837. The van der Waals surface area contributed by atoms with Crippen LogP contribution in [0.1, 0.15) is 32.8 Å². The molecule has 0 radical (unpaired) electrons. The van der Waals surface area contributed by atoms with Crippen molar-refractivity contribution in [3.63, 3.8) is 0 Å². The van der Waals surface area contributed by atoms with Crippen molar-refractivity contribution < 1.29 is 14.3 Å². The van der Waals surface area contributed by atoms with Crippen LogP contribution in [0.5, 0.6) is 5.75 Å². The number of carbonyl (C=O) groups excluding carboxylic acids is 2. The third-order valence-corrected chi connectivity index (χ3v) is 4.88. The Kier molecular flexibility index (Phi) is 5.22. The molecule has 27 heavy (non-hydrogen) atoms. The molecule has 1 aliphatic heterocycles. The van der Waals surface area contributed by atoms with Gasteiger partial charge in [0, 0.05) is 30.4 Å². The third kappa shape index (κ3) is 4.30. The van der Waals surface area contributed by atoms with Crippen LogP contribution in [0.4, 0.5) is 11.4 Å². The van der Waals surface area contributed by atoms with Gasteiger partial charge in [-0.25, -0.2) is 0 Å². The van der Waals surface area contributed by atoms with Gasteiger partial charge in [0.15, 0.2) is 0 Å². The lowest BCUT2D eigenvalue weighted by molar-refractivity contribution is -0.122. The summed E-state index contributed by atoms with van der Waals surface area (Å²) >= 11 is 0. The molecule has 1 aliphatic rings. The number of hydrogen-bond donors (Lipinski definition) is 1. The summed E-state index contributed by atoms with van der Waals surface area (Å²) in [7, 11) is 1.58. The molecule has 2 aromatic rings. The fourth-order valence-corrected chi connectivity index (χ4v) is 3.22. The maximum atomic E-state index is 12.6. The van der Waals surface area contributed by atoms with Crippen LogP contribution < -0.4 is 15.0 Å². The summed E-state index contributed by atoms with van der Waals surface area (Å²) in [6.45, 7) is 6.86. The Morgan fingerprint density at radius 2 is 1.85 bits per heavy atom. The monoisotopic (exact) mass is 366 g/mol. The lowest BCUT2D eigenvalue weighted by Gasteiger charge is -2.21. The van der Waals surface area contributed by atoms with E-state index in [-0.39, 0.29) is 29.6 Å². The maximum Gasteiger partial charge on any atom is 0.229 e. The predicted molar refractivity (Wildman–Crippen MR) is 107 cm³/mol. The molecule has 1 unspecified atom stereocenters. The number of nitrogens with one attached hydrogen (secondary N) is 1. The normalized spacial score (nSPS) is 17.1. The van der Waals surface area contributed by atoms with E-state index in [0.29, 0.717) is 18.0 Å². The summed E-state index contributed by atoms with van der Waals surface area (Å²) in [5.41, 5.74) is 2.78. The number of carbonyl (C=O) groups is 2. The van der Waals surface area contributed by atoms with Gasteiger partial charge in [-0.05, 0) is 35.2 Å². The number of rotatable bonds is 4. The van der Waals surface area contributed by atoms with Crippen LogP contribution in [0.3, 0.4) is 0 Å². The molecule has 1 atom stereocenters. The SMILES string of the molecule is COc1cccc(NC(=O)C2CC(=O)N(c3ccc(C(C)(C)C)cc3)C2)c1. The molecule has 0 aliphatic carbocycles. The molecule has 2 amide bonds. The van der Waals surface area contributed by atoms with Crippen LogP contribution in [-0.4, -0.2) is 25.5 Å². The number of hydrogen-bond acceptors (Lipinski definition) is 3. The van der Waals surface area contributed by atoms with Gasteiger partial charge in [-0.1, -0.05) is 39.0 Å². The lowest BCUT2D eigenvalue weighted by Crippen LogP contribution is -2.28. The van der Waals surface area contributed by atoms with Gasteiger partial charge in [-0.3, -0.25) is 9.59 Å². The molecule has 1 fully saturated rings. The second-order valence-electron chi connectivity index (χ2n) is 7.92. The van der Waals surface area contributed by atoms with Crippen LogP contribution in [0.25, 0.3) is 0 Å². The summed E-state index contributed by atoms with van der Waals surface area (Å²) in [6, 6.07) is 15.2. The van der Waals surface area contributed by atoms with Crippen molar-refractivity contribution in [1.29, 1.82) is 0 Å². The van der Waals surface area contributed by atoms with E-state index in [1.807, 2.05) is 36.4 Å². The first-order chi connectivity index (χ1) is 12.8. The fraction of sp³-hybridized carbons (Fsp3) is 0.364. The minimum Gasteiger partial charge on any atom is -0.497 e. The topological polar surface area (TPSA) is 58.6 Å². The molecule has 0 bridgehead atoms. The number of ether oxygens (including phenoxy) is 1. The average molecular weight is 366 g/mol. The maximum absolute atomic E-state index is 12.6. The highest BCUT2D eigenvalue weighted by Gasteiger charge is 2.35. The highest BCUT2D eigenvalue weighted by molar-refractivity contribution is 6.03. The second kappa shape index (κ2) is 7.43. The Hall–Kier alpha value is -2.82. The van der Waals surface area contributed by atoms with Crippen molar-refractivity contribution in [2.24, 2.45) is 5.92 Å². The molecule has 1 N–H and O–H groups in total. The van der Waals surface area contributed by atoms with Crippen LogP contribution in [0, 0.1) is 5.92 Å². The molecule has 0 aromatic heterocycles. The Labute approximate surface area is 160 Å². The van der Waals surface area contributed by atoms with E-state index < -0.39 is 0 Å². The number of amides is 2. The van der Waals surface area contributed by atoms with Crippen molar-refractivity contribution >= 4 is 23.2 Å². The standard InChI is InChI=1S/C22H26N2O3/c1-22(2,3)16-8-10-18(11-9-16)24-14-15(12-20(24)25)21(26)23-17-6-5-7-19(13-17)27-4/h5-11,13,15H,12,14H2,1-4H3,(H,23,26). The lowest BCUT2D eigenvalue weighted by atomic mass is 9.87. The van der Waals surface area contributed by atoms with E-state index >= 15 is 0 Å². The van der Waals surface area contributed by atoms with Gasteiger partial charge in [0.1, 0.15) is 5.75 Å². The average Bonchev–Trinajstić information content (AvgIpc) is 3.03. The molecule has 5 heteroatoms. The minimum absolute atomic E-state index is 0.0238. The molecule has 0 spiro atoms. The largest absolute Gasteiger partial charge is 0.497 e. The molecule has 1 heterocycles. The van der Waals surface area contributed by atoms with Gasteiger partial charge >= 0.3 is 0 Å². The summed E-state index contributed by atoms with van der Waals surface area (Å²) in [5.74, 6) is 0.136. The number of nitrogens with zero attached hydrogens (tertiary/aromatic N) is 1. The quantitative estimate of drug-likeness (QED) is 0.890. The van der Waals surface area contributed by atoms with Gasteiger partial charge in [-0.15, -0.1) is 0 Å². The molecular formula is C22H26N2O3. The number of methoxy groups -OCH3 is 1. The van der Waals surface area contributed by atoms with Crippen molar-refractivity contribution in [2.75, 3.05) is 23.9 Å². The van der Waals surface area contributed by atoms with Crippen molar-refractivity contribution in [2.45, 2.75) is 32.6 Å². The van der Waals surface area contributed by atoms with E-state index in [1.165, 1.54) is 5.56 Å². The molecular weight excluding hydrogens is 340 g/mol. The zero-order valence-corrected chi connectivity index (χ0v) is 16.3. The predicted octanol–water partition coefficient (Wildman–Crippen LogP) is 3.98. The van der Waals surface area contributed by atoms with Gasteiger partial charge in [0.05, 0.1) is 13.0 Å². The summed E-state index contributed by atoms with van der Waals surface area (Å²) in [4.78, 5) is 26.7. The van der Waals surface area contributed by atoms with E-state index in [2.05, 4.69) is 26.1 Å². The minimum atomic E-state index is -0.369. The van der Waals surface area contributed by atoms with Gasteiger partial charge in [-0.2, -0.15) is 0 Å². The van der Waals surface area contributed by atoms with Crippen LogP contribution in [0.2, 0.25) is 0 Å². The first-order valence-electron chi connectivity index (χ1n) is 9.14. The molecule has 0 saturated carbocycles. The zero-order valence-electron chi connectivity index (χ0n) is 16.3. The van der Waals surface area contributed by atoms with Gasteiger partial charge < -0.3 is 15.0 Å². The number of benzene rings is 2. The summed E-state index contributed by atoms with van der Waals surface area (Å²) in [6.07, 6.45) is 0.219. The van der Waals surface area contributed by atoms with Crippen molar-refractivity contribution in [1.82, 2.24) is 0 Å². The van der Waals surface area contributed by atoms with Crippen LogP contribution in [0.15, 0.2) is 48.5 Å². The molecule has 5 nitrogen and oxygen atoms in total. The first kappa shape index (κ1) is 19.0. The van der Waals surface area contributed by atoms with E-state index in [4.69, 9.17) is 4.74 Å². The summed E-state index contributed by atoms with van der Waals surface area (Å²) in [5, 5.41) is 2.88. The van der Waals surface area contributed by atoms with E-state index in [0.717, 1.165) is 5.69 Å². The van der Waals surface area contributed by atoms with Crippen LogP contribution >= 0.6 is 0 Å². The van der Waals surface area contributed by atoms with Crippen molar-refractivity contribution in [3.8, 4) is 5.75 Å². The van der Waals surface area contributed by atoms with Crippen molar-refractivity contribution in [3.05, 3.63) is 54.1 Å². The molecule has 142 valence electrons. The summed E-state index contributed by atoms with van der Waals surface area (Å²) < 4.78 is 5.17. The molecule has 2 aromatic carbocycles. The number of anilines is 2. The van der Waals surface area contributed by atoms with Crippen LogP contribution in [-0.2, 0) is 15.0 Å². The smallest absolute Gasteiger partial charge is 0.229 e. The second-order valence-corrected chi connectivity index (χ2v) is 7.92. The molecule has 3 rings (SSSR count). The zero-order chi connectivity index (χ0) is 19.6. The first-order valence-corrected chi connectivity index (χ1v) is 9.14. The Morgan fingerprint density at radius 1 is 1.15 bits per heavy atom. The molecule has 1 saturated heterocycles. The van der Waals surface area contributed by atoms with E-state index in [1.54, 1.807) is 24.1 Å². The van der Waals surface area contributed by atoms with Gasteiger partial charge in [0.2, 0.25) is 11.8 Å². The highest BCUT2D eigenvalue weighted by atomic mass is 16.5.